The SMILES string of the molecule is CC1=Cc2cc(N)ccc2OB1O.Cl. The summed E-state index contributed by atoms with van der Waals surface area (Å²) in [5.41, 5.74) is 8.02. The maximum absolute atomic E-state index is 9.37. The van der Waals surface area contributed by atoms with Crippen LogP contribution in [0.2, 0.25) is 0 Å². The first-order valence-electron chi connectivity index (χ1n) is 4.09. The number of nitrogen functional groups attached to an aromatic ring is 1. The molecule has 1 heterocycles. The van der Waals surface area contributed by atoms with Crippen LogP contribution in [0.15, 0.2) is 23.7 Å². The van der Waals surface area contributed by atoms with Gasteiger partial charge in [-0.3, -0.25) is 0 Å². The van der Waals surface area contributed by atoms with Crippen LogP contribution >= 0.6 is 12.4 Å². The predicted octanol–water partition coefficient (Wildman–Crippen LogP) is 1.51. The lowest BCUT2D eigenvalue weighted by molar-refractivity contribution is 0.423. The number of hydrogen-bond donors (Lipinski definition) is 2. The summed E-state index contributed by atoms with van der Waals surface area (Å²) >= 11 is 0. The first-order valence-corrected chi connectivity index (χ1v) is 4.09. The van der Waals surface area contributed by atoms with Gasteiger partial charge in [0.2, 0.25) is 0 Å². The van der Waals surface area contributed by atoms with Crippen LogP contribution in [0.25, 0.3) is 6.08 Å². The summed E-state index contributed by atoms with van der Waals surface area (Å²) in [7, 11) is -0.823. The lowest BCUT2D eigenvalue weighted by Crippen LogP contribution is -2.26. The van der Waals surface area contributed by atoms with Crippen LogP contribution in [0, 0.1) is 0 Å². The Labute approximate surface area is 89.1 Å². The summed E-state index contributed by atoms with van der Waals surface area (Å²) in [4.78, 5) is 0. The fraction of sp³-hybridized carbons (Fsp3) is 0.111. The van der Waals surface area contributed by atoms with Crippen molar-refractivity contribution in [2.24, 2.45) is 0 Å². The van der Waals surface area contributed by atoms with E-state index in [0.717, 1.165) is 11.0 Å². The van der Waals surface area contributed by atoms with E-state index in [1.807, 2.05) is 19.1 Å². The molecule has 0 spiro atoms. The Morgan fingerprint density at radius 1 is 1.43 bits per heavy atom. The summed E-state index contributed by atoms with van der Waals surface area (Å²) in [5, 5.41) is 9.37. The summed E-state index contributed by atoms with van der Waals surface area (Å²) in [6, 6.07) is 5.33. The zero-order valence-electron chi connectivity index (χ0n) is 7.73. The smallest absolute Gasteiger partial charge is 0.532 e. The van der Waals surface area contributed by atoms with Crippen LogP contribution in [-0.4, -0.2) is 12.1 Å². The summed E-state index contributed by atoms with van der Waals surface area (Å²) in [6.07, 6.45) is 1.87. The lowest BCUT2D eigenvalue weighted by Gasteiger charge is -2.18. The van der Waals surface area contributed by atoms with Gasteiger partial charge in [-0.25, -0.2) is 0 Å². The van der Waals surface area contributed by atoms with Crippen LogP contribution in [0.3, 0.4) is 0 Å². The Balaban J connectivity index is 0.000000980. The van der Waals surface area contributed by atoms with Gasteiger partial charge in [0.15, 0.2) is 0 Å². The number of rotatable bonds is 0. The highest BCUT2D eigenvalue weighted by Crippen LogP contribution is 2.28. The highest BCUT2D eigenvalue weighted by Gasteiger charge is 2.23. The van der Waals surface area contributed by atoms with Crippen LogP contribution in [0.5, 0.6) is 5.75 Å². The van der Waals surface area contributed by atoms with Crippen LogP contribution < -0.4 is 10.4 Å². The number of fused-ring (bicyclic) bond motifs is 1. The molecule has 74 valence electrons. The number of anilines is 1. The van der Waals surface area contributed by atoms with Gasteiger partial charge in [-0.2, -0.15) is 0 Å². The molecule has 1 aliphatic rings. The third-order valence-electron chi connectivity index (χ3n) is 2.05. The molecule has 0 atom stereocenters. The molecule has 0 radical (unpaired) electrons. The minimum absolute atomic E-state index is 0. The number of halogens is 1. The molecule has 0 saturated heterocycles. The van der Waals surface area contributed by atoms with Gasteiger partial charge in [-0.1, -0.05) is 6.08 Å². The fourth-order valence-electron chi connectivity index (χ4n) is 1.32. The van der Waals surface area contributed by atoms with Crippen molar-refractivity contribution in [1.29, 1.82) is 0 Å². The Morgan fingerprint density at radius 2 is 2.14 bits per heavy atom. The molecule has 0 amide bonds. The van der Waals surface area contributed by atoms with Gasteiger partial charge >= 0.3 is 7.12 Å². The molecule has 0 saturated carbocycles. The molecule has 1 aromatic carbocycles. The topological polar surface area (TPSA) is 55.5 Å². The van der Waals surface area contributed by atoms with Gasteiger partial charge in [0.25, 0.3) is 0 Å². The van der Waals surface area contributed by atoms with Gasteiger partial charge < -0.3 is 15.4 Å². The second-order valence-corrected chi connectivity index (χ2v) is 3.16. The van der Waals surface area contributed by atoms with E-state index in [-0.39, 0.29) is 12.4 Å². The lowest BCUT2D eigenvalue weighted by atomic mass is 9.76. The molecule has 14 heavy (non-hydrogen) atoms. The Kier molecular flexibility index (Phi) is 3.08. The quantitative estimate of drug-likeness (QED) is 0.505. The standard InChI is InChI=1S/C9H10BNO2.ClH/c1-6-4-7-5-8(11)2-3-9(7)13-10(6)12;/h2-5,12H,11H2,1H3;1H. The zero-order chi connectivity index (χ0) is 9.42. The zero-order valence-corrected chi connectivity index (χ0v) is 8.54. The van der Waals surface area contributed by atoms with E-state index >= 15 is 0 Å². The summed E-state index contributed by atoms with van der Waals surface area (Å²) in [6.45, 7) is 1.82. The Bertz CT molecular complexity index is 381. The number of hydrogen-bond acceptors (Lipinski definition) is 3. The molecule has 1 aromatic rings. The van der Waals surface area contributed by atoms with Gasteiger partial charge in [-0.15, -0.1) is 12.4 Å². The normalized spacial score (nSPS) is 13.6. The second kappa shape index (κ2) is 3.94. The molecular formula is C9H11BClNO2. The molecule has 0 aromatic heterocycles. The molecule has 0 unspecified atom stereocenters. The van der Waals surface area contributed by atoms with Crippen molar-refractivity contribution in [2.75, 3.05) is 5.73 Å². The average molecular weight is 211 g/mol. The van der Waals surface area contributed by atoms with Gasteiger partial charge in [0, 0.05) is 11.3 Å². The summed E-state index contributed by atoms with van der Waals surface area (Å²) < 4.78 is 5.23. The molecule has 5 heteroatoms. The number of nitrogens with two attached hydrogens (primary N) is 1. The third-order valence-corrected chi connectivity index (χ3v) is 2.05. The highest BCUT2D eigenvalue weighted by molar-refractivity contribution is 6.54. The third kappa shape index (κ3) is 1.86. The van der Waals surface area contributed by atoms with Crippen molar-refractivity contribution in [1.82, 2.24) is 0 Å². The van der Waals surface area contributed by atoms with E-state index in [1.165, 1.54) is 0 Å². The van der Waals surface area contributed by atoms with E-state index in [9.17, 15) is 5.02 Å². The molecule has 1 aliphatic heterocycles. The molecular weight excluding hydrogens is 200 g/mol. The Hall–Kier alpha value is -1.13. The van der Waals surface area contributed by atoms with Crippen LogP contribution in [-0.2, 0) is 0 Å². The minimum Gasteiger partial charge on any atom is -0.532 e. The van der Waals surface area contributed by atoms with Gasteiger partial charge in [0.05, 0.1) is 0 Å². The van der Waals surface area contributed by atoms with Crippen molar-refractivity contribution in [3.05, 3.63) is 29.2 Å². The highest BCUT2D eigenvalue weighted by atomic mass is 35.5. The van der Waals surface area contributed by atoms with Crippen molar-refractivity contribution in [3.63, 3.8) is 0 Å². The average Bonchev–Trinajstić information content (AvgIpc) is 2.08. The monoisotopic (exact) mass is 211 g/mol. The number of benzene rings is 1. The molecule has 3 nitrogen and oxygen atoms in total. The first-order chi connectivity index (χ1) is 6.16. The molecule has 3 N–H and O–H groups in total. The predicted molar refractivity (Wildman–Crippen MR) is 60.4 cm³/mol. The maximum Gasteiger partial charge on any atom is 0.555 e. The van der Waals surface area contributed by atoms with Gasteiger partial charge in [-0.05, 0) is 30.6 Å². The Morgan fingerprint density at radius 3 is 2.86 bits per heavy atom. The molecule has 0 bridgehead atoms. The van der Waals surface area contributed by atoms with E-state index in [1.54, 1.807) is 12.1 Å². The molecule has 2 rings (SSSR count). The molecule has 0 fully saturated rings. The van der Waals surface area contributed by atoms with E-state index in [2.05, 4.69) is 0 Å². The summed E-state index contributed by atoms with van der Waals surface area (Å²) in [5.74, 6) is 0.673. The van der Waals surface area contributed by atoms with Crippen molar-refractivity contribution < 1.29 is 9.68 Å². The van der Waals surface area contributed by atoms with E-state index in [4.69, 9.17) is 10.4 Å². The maximum atomic E-state index is 9.37. The van der Waals surface area contributed by atoms with Crippen molar-refractivity contribution in [2.45, 2.75) is 6.92 Å². The van der Waals surface area contributed by atoms with E-state index in [0.29, 0.717) is 11.4 Å². The fourth-order valence-corrected chi connectivity index (χ4v) is 1.32. The van der Waals surface area contributed by atoms with Crippen LogP contribution in [0.4, 0.5) is 5.69 Å². The second-order valence-electron chi connectivity index (χ2n) is 3.16. The minimum atomic E-state index is -0.823. The van der Waals surface area contributed by atoms with Crippen molar-refractivity contribution >= 4 is 31.3 Å². The van der Waals surface area contributed by atoms with Crippen molar-refractivity contribution in [3.8, 4) is 5.75 Å². The molecule has 0 aliphatic carbocycles. The largest absolute Gasteiger partial charge is 0.555 e. The van der Waals surface area contributed by atoms with Gasteiger partial charge in [0.1, 0.15) is 5.75 Å². The first kappa shape index (κ1) is 11.0. The number of allylic oxidation sites excluding steroid dienone is 1. The van der Waals surface area contributed by atoms with E-state index < -0.39 is 7.12 Å². The van der Waals surface area contributed by atoms with Crippen LogP contribution in [0.1, 0.15) is 12.5 Å².